The van der Waals surface area contributed by atoms with Gasteiger partial charge in [0.15, 0.2) is 0 Å². The molecule has 0 aliphatic carbocycles. The predicted octanol–water partition coefficient (Wildman–Crippen LogP) is 3.55. The molecule has 0 bridgehead atoms. The topological polar surface area (TPSA) is 60.7 Å². The Morgan fingerprint density at radius 3 is 2.84 bits per heavy atom. The van der Waals surface area contributed by atoms with Crippen molar-refractivity contribution in [1.29, 1.82) is 5.26 Å². The standard InChI is InChI=1S/C16H15F3N4OS/c1-15(2)8-12(23-6-5-21-14(23)22-9-20)11-7-10(25-16(17,18)19)3-4-13(11)24-15/h3-4,7-8H,5-6H2,1-2H3,(H,21,22). The third-order valence-corrected chi connectivity index (χ3v) is 4.36. The Morgan fingerprint density at radius 2 is 2.16 bits per heavy atom. The molecule has 25 heavy (non-hydrogen) atoms. The minimum atomic E-state index is -4.37. The molecule has 5 nitrogen and oxygen atoms in total. The van der Waals surface area contributed by atoms with Crippen molar-refractivity contribution >= 4 is 23.4 Å². The van der Waals surface area contributed by atoms with E-state index in [4.69, 9.17) is 10.00 Å². The number of nitrogens with one attached hydrogen (secondary N) is 1. The van der Waals surface area contributed by atoms with Crippen LogP contribution in [0.25, 0.3) is 5.70 Å². The van der Waals surface area contributed by atoms with Crippen molar-refractivity contribution in [2.45, 2.75) is 29.9 Å². The first kappa shape index (κ1) is 17.5. The van der Waals surface area contributed by atoms with Crippen molar-refractivity contribution in [2.24, 2.45) is 4.99 Å². The summed E-state index contributed by atoms with van der Waals surface area (Å²) in [6.45, 7) is 4.86. The summed E-state index contributed by atoms with van der Waals surface area (Å²) in [4.78, 5) is 5.61. The summed E-state index contributed by atoms with van der Waals surface area (Å²) in [6, 6.07) is 4.39. The van der Waals surface area contributed by atoms with Gasteiger partial charge in [0.2, 0.25) is 12.2 Å². The summed E-state index contributed by atoms with van der Waals surface area (Å²) in [5, 5.41) is 11.8. The van der Waals surface area contributed by atoms with E-state index in [1.54, 1.807) is 17.2 Å². The zero-order valence-corrected chi connectivity index (χ0v) is 14.3. The lowest BCUT2D eigenvalue weighted by atomic mass is 9.98. The summed E-state index contributed by atoms with van der Waals surface area (Å²) < 4.78 is 44.0. The zero-order chi connectivity index (χ0) is 18.2. The molecule has 1 saturated heterocycles. The van der Waals surface area contributed by atoms with Gasteiger partial charge in [-0.2, -0.15) is 18.4 Å². The fraction of sp³-hybridized carbons (Fsp3) is 0.375. The Kier molecular flexibility index (Phi) is 4.33. The highest BCUT2D eigenvalue weighted by Crippen LogP contribution is 2.43. The van der Waals surface area contributed by atoms with Crippen LogP contribution in [0.5, 0.6) is 5.75 Å². The highest BCUT2D eigenvalue weighted by molar-refractivity contribution is 8.00. The number of nitriles is 1. The van der Waals surface area contributed by atoms with Crippen LogP contribution in [0.4, 0.5) is 13.2 Å². The van der Waals surface area contributed by atoms with Gasteiger partial charge in [0.05, 0.1) is 5.70 Å². The molecule has 0 unspecified atom stereocenters. The molecule has 3 rings (SSSR count). The van der Waals surface area contributed by atoms with Crippen molar-refractivity contribution in [1.82, 2.24) is 10.2 Å². The second-order valence-electron chi connectivity index (χ2n) is 6.05. The van der Waals surface area contributed by atoms with Crippen LogP contribution >= 0.6 is 11.8 Å². The molecule has 2 aliphatic rings. The molecule has 132 valence electrons. The molecular formula is C16H15F3N4OS. The molecule has 0 aromatic heterocycles. The van der Waals surface area contributed by atoms with Crippen LogP contribution in [-0.2, 0) is 0 Å². The van der Waals surface area contributed by atoms with Crippen molar-refractivity contribution in [2.75, 3.05) is 13.1 Å². The van der Waals surface area contributed by atoms with Crippen LogP contribution in [0.3, 0.4) is 0 Å². The van der Waals surface area contributed by atoms with E-state index < -0.39 is 11.1 Å². The molecule has 2 aliphatic heterocycles. The summed E-state index contributed by atoms with van der Waals surface area (Å²) in [5.41, 5.74) is -3.78. The molecule has 1 fully saturated rings. The maximum absolute atomic E-state index is 12.7. The van der Waals surface area contributed by atoms with Gasteiger partial charge >= 0.3 is 5.51 Å². The molecule has 0 spiro atoms. The van der Waals surface area contributed by atoms with Gasteiger partial charge in [-0.25, -0.2) is 0 Å². The molecule has 2 heterocycles. The van der Waals surface area contributed by atoms with Gasteiger partial charge in [0.1, 0.15) is 11.4 Å². The molecular weight excluding hydrogens is 353 g/mol. The molecule has 1 N–H and O–H groups in total. The van der Waals surface area contributed by atoms with Crippen molar-refractivity contribution < 1.29 is 17.9 Å². The Bertz CT molecular complexity index is 796. The Hall–Kier alpha value is -2.34. The van der Waals surface area contributed by atoms with Crippen LogP contribution < -0.4 is 10.1 Å². The van der Waals surface area contributed by atoms with Gasteiger partial charge in [-0.1, -0.05) is 0 Å². The van der Waals surface area contributed by atoms with Gasteiger partial charge in [-0.15, -0.1) is 4.99 Å². The van der Waals surface area contributed by atoms with E-state index in [2.05, 4.69) is 10.3 Å². The largest absolute Gasteiger partial charge is 0.483 e. The van der Waals surface area contributed by atoms with Gasteiger partial charge in [-0.05, 0) is 49.9 Å². The number of nitrogens with zero attached hydrogens (tertiary/aromatic N) is 3. The second-order valence-corrected chi connectivity index (χ2v) is 7.19. The van der Waals surface area contributed by atoms with Crippen molar-refractivity contribution in [3.05, 3.63) is 29.8 Å². The average molecular weight is 368 g/mol. The number of ether oxygens (including phenoxy) is 1. The molecule has 0 radical (unpaired) electrons. The maximum atomic E-state index is 12.7. The number of benzene rings is 1. The third kappa shape index (κ3) is 3.85. The van der Waals surface area contributed by atoms with Crippen molar-refractivity contribution in [3.63, 3.8) is 0 Å². The van der Waals surface area contributed by atoms with E-state index in [0.717, 1.165) is 0 Å². The lowest BCUT2D eigenvalue weighted by molar-refractivity contribution is -0.0328. The first-order chi connectivity index (χ1) is 11.7. The highest BCUT2D eigenvalue weighted by atomic mass is 32.2. The van der Waals surface area contributed by atoms with Gasteiger partial charge in [0, 0.05) is 23.5 Å². The molecule has 1 aromatic carbocycles. The lowest BCUT2D eigenvalue weighted by Gasteiger charge is -2.34. The minimum Gasteiger partial charge on any atom is -0.483 e. The van der Waals surface area contributed by atoms with Crippen LogP contribution in [0.1, 0.15) is 19.4 Å². The number of guanidine groups is 1. The van der Waals surface area contributed by atoms with E-state index in [-0.39, 0.29) is 16.7 Å². The van der Waals surface area contributed by atoms with E-state index in [1.807, 2.05) is 19.9 Å². The van der Waals surface area contributed by atoms with Gasteiger partial charge in [-0.3, -0.25) is 0 Å². The molecule has 0 saturated carbocycles. The number of rotatable bonds is 2. The van der Waals surface area contributed by atoms with Crippen LogP contribution in [0, 0.1) is 11.5 Å². The SMILES string of the molecule is CC1(C)C=C(N2CCNC2=NC#N)c2cc(SC(F)(F)F)ccc2O1. The maximum Gasteiger partial charge on any atom is 0.446 e. The summed E-state index contributed by atoms with van der Waals surface area (Å²) in [6.07, 6.45) is 3.57. The highest BCUT2D eigenvalue weighted by Gasteiger charge is 2.34. The quantitative estimate of drug-likeness (QED) is 0.639. The minimum absolute atomic E-state index is 0.0754. The van der Waals surface area contributed by atoms with Gasteiger partial charge in [0.25, 0.3) is 0 Å². The third-order valence-electron chi connectivity index (χ3n) is 3.64. The average Bonchev–Trinajstić information content (AvgIpc) is 2.93. The fourth-order valence-corrected chi connectivity index (χ4v) is 3.38. The number of thioether (sulfide) groups is 1. The number of alkyl halides is 3. The normalized spacial score (nSPS) is 20.4. The van der Waals surface area contributed by atoms with Crippen LogP contribution in [0.2, 0.25) is 0 Å². The van der Waals surface area contributed by atoms with Gasteiger partial charge < -0.3 is 15.0 Å². The Labute approximate surface area is 147 Å². The fourth-order valence-electron chi connectivity index (χ4n) is 2.80. The number of aliphatic imine (C=N–C) groups is 1. The molecule has 1 aromatic rings. The monoisotopic (exact) mass is 368 g/mol. The Balaban J connectivity index is 2.06. The second kappa shape index (κ2) is 6.19. The lowest BCUT2D eigenvalue weighted by Crippen LogP contribution is -2.35. The van der Waals surface area contributed by atoms with Crippen LogP contribution in [0.15, 0.2) is 34.2 Å². The first-order valence-corrected chi connectivity index (χ1v) is 8.30. The summed E-state index contributed by atoms with van der Waals surface area (Å²) in [5.74, 6) is 0.878. The Morgan fingerprint density at radius 1 is 1.40 bits per heavy atom. The van der Waals surface area contributed by atoms with Crippen LogP contribution in [-0.4, -0.2) is 35.1 Å². The molecule has 0 amide bonds. The smallest absolute Gasteiger partial charge is 0.446 e. The number of halogens is 3. The van der Waals surface area contributed by atoms with E-state index >= 15 is 0 Å². The van der Waals surface area contributed by atoms with E-state index in [1.165, 1.54) is 12.1 Å². The molecule has 0 atom stereocenters. The number of hydrogen-bond acceptors (Lipinski definition) is 4. The zero-order valence-electron chi connectivity index (χ0n) is 13.5. The number of hydrogen-bond donors (Lipinski definition) is 1. The summed E-state index contributed by atoms with van der Waals surface area (Å²) in [7, 11) is 0. The summed E-state index contributed by atoms with van der Waals surface area (Å²) >= 11 is -0.170. The predicted molar refractivity (Wildman–Crippen MR) is 88.8 cm³/mol. The van der Waals surface area contributed by atoms with E-state index in [0.29, 0.717) is 36.1 Å². The van der Waals surface area contributed by atoms with Crippen molar-refractivity contribution in [3.8, 4) is 11.9 Å². The first-order valence-electron chi connectivity index (χ1n) is 7.49. The molecule has 9 heteroatoms. The number of fused-ring (bicyclic) bond motifs is 1. The van der Waals surface area contributed by atoms with E-state index in [9.17, 15) is 13.2 Å².